The first-order valence-corrected chi connectivity index (χ1v) is 7.11. The number of aromatic nitrogens is 1. The summed E-state index contributed by atoms with van der Waals surface area (Å²) in [5.74, 6) is 0.938. The van der Waals surface area contributed by atoms with Crippen LogP contribution in [-0.2, 0) is 12.8 Å². The predicted octanol–water partition coefficient (Wildman–Crippen LogP) is 4.40. The van der Waals surface area contributed by atoms with Crippen LogP contribution in [0.3, 0.4) is 0 Å². The fourth-order valence-corrected chi connectivity index (χ4v) is 2.93. The third-order valence-corrected chi connectivity index (χ3v) is 4.01. The topological polar surface area (TPSA) is 24.9 Å². The van der Waals surface area contributed by atoms with E-state index in [0.29, 0.717) is 0 Å². The Bertz CT molecular complexity index is 595. The van der Waals surface area contributed by atoms with Crippen molar-refractivity contribution in [2.45, 2.75) is 32.2 Å². The summed E-state index contributed by atoms with van der Waals surface area (Å²) in [7, 11) is 0. The zero-order valence-electron chi connectivity index (χ0n) is 11.0. The number of benzene rings is 1. The van der Waals surface area contributed by atoms with Crippen molar-refractivity contribution in [3.63, 3.8) is 0 Å². The van der Waals surface area contributed by atoms with Gasteiger partial charge in [0, 0.05) is 10.7 Å². The number of pyridine rings is 1. The van der Waals surface area contributed by atoms with E-state index >= 15 is 0 Å². The summed E-state index contributed by atoms with van der Waals surface area (Å²) in [6.45, 7) is 2.11. The van der Waals surface area contributed by atoms with Crippen molar-refractivity contribution in [3.05, 3.63) is 58.2 Å². The van der Waals surface area contributed by atoms with E-state index in [4.69, 9.17) is 16.6 Å². The number of halogens is 1. The number of nitrogens with one attached hydrogen (secondary N) is 1. The molecule has 0 spiro atoms. The van der Waals surface area contributed by atoms with E-state index in [1.807, 2.05) is 24.3 Å². The summed E-state index contributed by atoms with van der Waals surface area (Å²) >= 11 is 6.22. The SMILES string of the molecule is CC(Nc1ccc2c(n1)CCC2)c1ccccc1Cl. The Morgan fingerprint density at radius 1 is 1.16 bits per heavy atom. The Kier molecular flexibility index (Phi) is 3.43. The molecule has 0 saturated heterocycles. The van der Waals surface area contributed by atoms with Gasteiger partial charge in [-0.05, 0) is 49.4 Å². The van der Waals surface area contributed by atoms with Crippen LogP contribution >= 0.6 is 11.6 Å². The minimum atomic E-state index is 0.153. The fraction of sp³-hybridized carbons (Fsp3) is 0.312. The van der Waals surface area contributed by atoms with Gasteiger partial charge in [0.2, 0.25) is 0 Å². The van der Waals surface area contributed by atoms with E-state index in [-0.39, 0.29) is 6.04 Å². The highest BCUT2D eigenvalue weighted by Gasteiger charge is 2.14. The van der Waals surface area contributed by atoms with E-state index < -0.39 is 0 Å². The second-order valence-electron chi connectivity index (χ2n) is 5.04. The van der Waals surface area contributed by atoms with Crippen molar-refractivity contribution in [1.29, 1.82) is 0 Å². The Morgan fingerprint density at radius 2 is 2.00 bits per heavy atom. The van der Waals surface area contributed by atoms with Crippen molar-refractivity contribution in [1.82, 2.24) is 4.98 Å². The number of hydrogen-bond acceptors (Lipinski definition) is 2. The molecule has 98 valence electrons. The second-order valence-corrected chi connectivity index (χ2v) is 5.45. The molecule has 1 N–H and O–H groups in total. The third kappa shape index (κ3) is 2.59. The molecule has 3 heteroatoms. The van der Waals surface area contributed by atoms with E-state index in [2.05, 4.69) is 24.4 Å². The van der Waals surface area contributed by atoms with Gasteiger partial charge in [-0.15, -0.1) is 0 Å². The van der Waals surface area contributed by atoms with Crippen molar-refractivity contribution in [2.75, 3.05) is 5.32 Å². The maximum absolute atomic E-state index is 6.22. The van der Waals surface area contributed by atoms with Gasteiger partial charge in [-0.25, -0.2) is 4.98 Å². The second kappa shape index (κ2) is 5.22. The average Bonchev–Trinajstić information content (AvgIpc) is 2.86. The third-order valence-electron chi connectivity index (χ3n) is 3.66. The minimum Gasteiger partial charge on any atom is -0.363 e. The van der Waals surface area contributed by atoms with Gasteiger partial charge in [0.25, 0.3) is 0 Å². The van der Waals surface area contributed by atoms with Crippen molar-refractivity contribution < 1.29 is 0 Å². The van der Waals surface area contributed by atoms with Crippen LogP contribution in [0.4, 0.5) is 5.82 Å². The normalized spacial score (nSPS) is 15.1. The molecule has 1 unspecified atom stereocenters. The molecule has 3 rings (SSSR count). The van der Waals surface area contributed by atoms with Gasteiger partial charge in [0.05, 0.1) is 6.04 Å². The van der Waals surface area contributed by atoms with E-state index in [1.54, 1.807) is 0 Å². The Labute approximate surface area is 118 Å². The lowest BCUT2D eigenvalue weighted by molar-refractivity contribution is 0.866. The van der Waals surface area contributed by atoms with Crippen LogP contribution in [0.5, 0.6) is 0 Å². The van der Waals surface area contributed by atoms with Gasteiger partial charge in [0.1, 0.15) is 5.82 Å². The minimum absolute atomic E-state index is 0.153. The van der Waals surface area contributed by atoms with Gasteiger partial charge in [0.15, 0.2) is 0 Å². The number of nitrogens with zero attached hydrogens (tertiary/aromatic N) is 1. The van der Waals surface area contributed by atoms with Crippen LogP contribution in [0.2, 0.25) is 5.02 Å². The molecular weight excluding hydrogens is 256 g/mol. The monoisotopic (exact) mass is 272 g/mol. The van der Waals surface area contributed by atoms with E-state index in [1.165, 1.54) is 24.1 Å². The average molecular weight is 273 g/mol. The molecule has 0 amide bonds. The Morgan fingerprint density at radius 3 is 2.84 bits per heavy atom. The number of rotatable bonds is 3. The Hall–Kier alpha value is -1.54. The van der Waals surface area contributed by atoms with Crippen LogP contribution in [0.1, 0.15) is 36.2 Å². The van der Waals surface area contributed by atoms with Crippen LogP contribution in [-0.4, -0.2) is 4.98 Å². The highest BCUT2D eigenvalue weighted by Crippen LogP contribution is 2.27. The maximum Gasteiger partial charge on any atom is 0.126 e. The summed E-state index contributed by atoms with van der Waals surface area (Å²) in [6, 6.07) is 12.3. The molecule has 0 bridgehead atoms. The maximum atomic E-state index is 6.22. The van der Waals surface area contributed by atoms with Crippen molar-refractivity contribution in [3.8, 4) is 0 Å². The molecule has 1 aromatic heterocycles. The first kappa shape index (κ1) is 12.5. The molecule has 1 atom stereocenters. The predicted molar refractivity (Wildman–Crippen MR) is 79.8 cm³/mol. The van der Waals surface area contributed by atoms with Gasteiger partial charge in [-0.1, -0.05) is 35.9 Å². The Balaban J connectivity index is 1.80. The molecule has 0 radical (unpaired) electrons. The molecule has 0 aliphatic heterocycles. The van der Waals surface area contributed by atoms with Gasteiger partial charge in [-0.2, -0.15) is 0 Å². The van der Waals surface area contributed by atoms with Crippen LogP contribution < -0.4 is 5.32 Å². The summed E-state index contributed by atoms with van der Waals surface area (Å²) < 4.78 is 0. The van der Waals surface area contributed by atoms with Gasteiger partial charge < -0.3 is 5.32 Å². The molecule has 19 heavy (non-hydrogen) atoms. The molecular formula is C16H17ClN2. The molecule has 2 nitrogen and oxygen atoms in total. The summed E-state index contributed by atoms with van der Waals surface area (Å²) in [5.41, 5.74) is 3.75. The first-order chi connectivity index (χ1) is 9.24. The standard InChI is InChI=1S/C16H17ClN2/c1-11(13-6-2-3-7-14(13)17)18-16-10-9-12-5-4-8-15(12)19-16/h2-3,6-7,9-11H,4-5,8H2,1H3,(H,18,19). The lowest BCUT2D eigenvalue weighted by Crippen LogP contribution is -2.09. The summed E-state index contributed by atoms with van der Waals surface area (Å²) in [6.07, 6.45) is 3.50. The molecule has 1 heterocycles. The highest BCUT2D eigenvalue weighted by atomic mass is 35.5. The number of anilines is 1. The quantitative estimate of drug-likeness (QED) is 0.896. The molecule has 0 saturated carbocycles. The van der Waals surface area contributed by atoms with Crippen LogP contribution in [0.15, 0.2) is 36.4 Å². The largest absolute Gasteiger partial charge is 0.363 e. The van der Waals surface area contributed by atoms with Crippen LogP contribution in [0, 0.1) is 0 Å². The fourth-order valence-electron chi connectivity index (χ4n) is 2.63. The van der Waals surface area contributed by atoms with Gasteiger partial charge >= 0.3 is 0 Å². The van der Waals surface area contributed by atoms with E-state index in [0.717, 1.165) is 22.8 Å². The molecule has 2 aromatic rings. The lowest BCUT2D eigenvalue weighted by atomic mass is 10.1. The number of hydrogen-bond donors (Lipinski definition) is 1. The van der Waals surface area contributed by atoms with Gasteiger partial charge in [-0.3, -0.25) is 0 Å². The summed E-state index contributed by atoms with van der Waals surface area (Å²) in [4.78, 5) is 4.69. The smallest absolute Gasteiger partial charge is 0.126 e. The summed E-state index contributed by atoms with van der Waals surface area (Å²) in [5, 5.41) is 4.23. The highest BCUT2D eigenvalue weighted by molar-refractivity contribution is 6.31. The van der Waals surface area contributed by atoms with Crippen molar-refractivity contribution in [2.24, 2.45) is 0 Å². The molecule has 1 aliphatic carbocycles. The molecule has 1 aromatic carbocycles. The number of aryl methyl sites for hydroxylation is 2. The van der Waals surface area contributed by atoms with Crippen LogP contribution in [0.25, 0.3) is 0 Å². The zero-order valence-corrected chi connectivity index (χ0v) is 11.7. The lowest BCUT2D eigenvalue weighted by Gasteiger charge is -2.16. The van der Waals surface area contributed by atoms with E-state index in [9.17, 15) is 0 Å². The first-order valence-electron chi connectivity index (χ1n) is 6.74. The molecule has 1 aliphatic rings. The zero-order chi connectivity index (χ0) is 13.2. The number of fused-ring (bicyclic) bond motifs is 1. The van der Waals surface area contributed by atoms with Crippen molar-refractivity contribution >= 4 is 17.4 Å². The molecule has 0 fully saturated rings.